The maximum absolute atomic E-state index is 5.81. The smallest absolute Gasteiger partial charge is 0.175 e. The Balaban J connectivity index is 2.18. The molecule has 0 amide bonds. The van der Waals surface area contributed by atoms with Gasteiger partial charge >= 0.3 is 0 Å². The number of anilines is 1. The van der Waals surface area contributed by atoms with Crippen LogP contribution >= 0.6 is 31.9 Å². The number of hydrogen-bond acceptors (Lipinski definition) is 3. The lowest BCUT2D eigenvalue weighted by molar-refractivity contribution is 0.282. The summed E-state index contributed by atoms with van der Waals surface area (Å²) in [5.74, 6) is 1.38. The Labute approximate surface area is 129 Å². The van der Waals surface area contributed by atoms with Gasteiger partial charge in [-0.05, 0) is 51.8 Å². The molecule has 0 heterocycles. The third kappa shape index (κ3) is 3.64. The summed E-state index contributed by atoms with van der Waals surface area (Å²) in [7, 11) is 1.62. The highest BCUT2D eigenvalue weighted by molar-refractivity contribution is 9.10. The second-order valence-electron chi connectivity index (χ2n) is 3.95. The number of methoxy groups -OCH3 is 1. The van der Waals surface area contributed by atoms with E-state index < -0.39 is 0 Å². The van der Waals surface area contributed by atoms with Gasteiger partial charge in [-0.3, -0.25) is 0 Å². The van der Waals surface area contributed by atoms with Gasteiger partial charge in [-0.25, -0.2) is 0 Å². The first-order valence-electron chi connectivity index (χ1n) is 5.60. The molecule has 0 saturated carbocycles. The van der Waals surface area contributed by atoms with Gasteiger partial charge in [0.05, 0.1) is 11.6 Å². The molecule has 2 aromatic rings. The summed E-state index contributed by atoms with van der Waals surface area (Å²) >= 11 is 6.86. The summed E-state index contributed by atoms with van der Waals surface area (Å²) in [6, 6.07) is 11.4. The summed E-state index contributed by atoms with van der Waals surface area (Å²) in [6.45, 7) is 0.419. The van der Waals surface area contributed by atoms with Gasteiger partial charge in [-0.2, -0.15) is 0 Å². The van der Waals surface area contributed by atoms with Crippen molar-refractivity contribution in [2.75, 3.05) is 12.8 Å². The van der Waals surface area contributed by atoms with E-state index in [1.807, 2.05) is 36.4 Å². The van der Waals surface area contributed by atoms with Crippen LogP contribution in [0.3, 0.4) is 0 Å². The zero-order valence-electron chi connectivity index (χ0n) is 10.3. The second kappa shape index (κ2) is 6.30. The van der Waals surface area contributed by atoms with Crippen LogP contribution in [0.1, 0.15) is 5.56 Å². The number of nitrogens with two attached hydrogens (primary N) is 1. The largest absolute Gasteiger partial charge is 0.493 e. The van der Waals surface area contributed by atoms with E-state index in [2.05, 4.69) is 31.9 Å². The Bertz CT molecular complexity index is 567. The molecule has 0 aromatic heterocycles. The molecular weight excluding hydrogens is 374 g/mol. The molecule has 0 saturated heterocycles. The summed E-state index contributed by atoms with van der Waals surface area (Å²) in [4.78, 5) is 0. The van der Waals surface area contributed by atoms with Crippen LogP contribution in [0, 0.1) is 0 Å². The van der Waals surface area contributed by atoms with Crippen molar-refractivity contribution in [1.29, 1.82) is 0 Å². The molecule has 0 aliphatic carbocycles. The molecule has 0 aliphatic heterocycles. The van der Waals surface area contributed by atoms with E-state index in [1.165, 1.54) is 0 Å². The second-order valence-corrected chi connectivity index (χ2v) is 5.72. The molecule has 0 atom stereocenters. The fourth-order valence-corrected chi connectivity index (χ4v) is 2.72. The quantitative estimate of drug-likeness (QED) is 0.793. The highest BCUT2D eigenvalue weighted by Gasteiger charge is 2.09. The molecule has 0 spiro atoms. The highest BCUT2D eigenvalue weighted by Crippen LogP contribution is 2.35. The molecule has 0 fully saturated rings. The Morgan fingerprint density at radius 1 is 1.16 bits per heavy atom. The molecule has 19 heavy (non-hydrogen) atoms. The van der Waals surface area contributed by atoms with Crippen molar-refractivity contribution in [3.05, 3.63) is 50.9 Å². The van der Waals surface area contributed by atoms with Crippen LogP contribution in [0.2, 0.25) is 0 Å². The van der Waals surface area contributed by atoms with Gasteiger partial charge < -0.3 is 15.2 Å². The summed E-state index contributed by atoms with van der Waals surface area (Å²) in [5.41, 5.74) is 7.49. The summed E-state index contributed by atoms with van der Waals surface area (Å²) < 4.78 is 12.9. The monoisotopic (exact) mass is 385 g/mol. The van der Waals surface area contributed by atoms with Gasteiger partial charge in [0.15, 0.2) is 11.5 Å². The first-order valence-corrected chi connectivity index (χ1v) is 7.19. The lowest BCUT2D eigenvalue weighted by Crippen LogP contribution is -1.99. The Morgan fingerprint density at radius 3 is 2.63 bits per heavy atom. The molecular formula is C14H13Br2NO2. The summed E-state index contributed by atoms with van der Waals surface area (Å²) in [6.07, 6.45) is 0. The minimum Gasteiger partial charge on any atom is -0.493 e. The van der Waals surface area contributed by atoms with Crippen LogP contribution < -0.4 is 15.2 Å². The molecule has 2 rings (SSSR count). The molecule has 0 bridgehead atoms. The first-order chi connectivity index (χ1) is 9.10. The van der Waals surface area contributed by atoms with Gasteiger partial charge in [0, 0.05) is 10.2 Å². The number of rotatable bonds is 4. The molecule has 3 nitrogen and oxygen atoms in total. The molecule has 0 aliphatic rings. The minimum atomic E-state index is 0.419. The fourth-order valence-electron chi connectivity index (χ4n) is 1.70. The molecule has 5 heteroatoms. The number of benzene rings is 2. The van der Waals surface area contributed by atoms with E-state index in [1.54, 1.807) is 7.11 Å². The third-order valence-electron chi connectivity index (χ3n) is 2.51. The average molecular weight is 387 g/mol. The fraction of sp³-hybridized carbons (Fsp3) is 0.143. The van der Waals surface area contributed by atoms with Crippen LogP contribution in [-0.2, 0) is 6.61 Å². The number of nitrogen functional groups attached to an aromatic ring is 1. The average Bonchev–Trinajstić information content (AvgIpc) is 2.36. The van der Waals surface area contributed by atoms with Crippen LogP contribution in [0.4, 0.5) is 5.69 Å². The zero-order valence-corrected chi connectivity index (χ0v) is 13.5. The van der Waals surface area contributed by atoms with E-state index in [9.17, 15) is 0 Å². The van der Waals surface area contributed by atoms with Crippen LogP contribution in [0.5, 0.6) is 11.5 Å². The van der Waals surface area contributed by atoms with Gasteiger partial charge in [-0.1, -0.05) is 22.0 Å². The maximum atomic E-state index is 5.81. The maximum Gasteiger partial charge on any atom is 0.175 e. The van der Waals surface area contributed by atoms with Crippen molar-refractivity contribution in [3.8, 4) is 11.5 Å². The molecule has 100 valence electrons. The number of ether oxygens (including phenoxy) is 2. The van der Waals surface area contributed by atoms with Crippen molar-refractivity contribution in [2.24, 2.45) is 0 Å². The predicted molar refractivity (Wildman–Crippen MR) is 83.6 cm³/mol. The van der Waals surface area contributed by atoms with E-state index in [-0.39, 0.29) is 0 Å². The SMILES string of the molecule is COc1cccc(Br)c1OCc1cc(N)cc(Br)c1. The van der Waals surface area contributed by atoms with E-state index >= 15 is 0 Å². The Hall–Kier alpha value is -1.20. The van der Waals surface area contributed by atoms with Gasteiger partial charge in [0.2, 0.25) is 0 Å². The topological polar surface area (TPSA) is 44.5 Å². The van der Waals surface area contributed by atoms with Crippen molar-refractivity contribution >= 4 is 37.5 Å². The van der Waals surface area contributed by atoms with Crippen LogP contribution in [0.25, 0.3) is 0 Å². The Morgan fingerprint density at radius 2 is 1.95 bits per heavy atom. The van der Waals surface area contributed by atoms with Gasteiger partial charge in [-0.15, -0.1) is 0 Å². The lowest BCUT2D eigenvalue weighted by atomic mass is 10.2. The normalized spacial score (nSPS) is 10.3. The standard InChI is InChI=1S/C14H13Br2NO2/c1-18-13-4-2-3-12(16)14(13)19-8-9-5-10(15)7-11(17)6-9/h2-7H,8,17H2,1H3. The molecule has 2 N–H and O–H groups in total. The number of hydrogen-bond donors (Lipinski definition) is 1. The third-order valence-corrected chi connectivity index (χ3v) is 3.60. The van der Waals surface area contributed by atoms with Crippen LogP contribution in [-0.4, -0.2) is 7.11 Å². The summed E-state index contributed by atoms with van der Waals surface area (Å²) in [5, 5.41) is 0. The number of para-hydroxylation sites is 1. The van der Waals surface area contributed by atoms with E-state index in [0.29, 0.717) is 23.8 Å². The molecule has 0 radical (unpaired) electrons. The molecule has 2 aromatic carbocycles. The van der Waals surface area contributed by atoms with Crippen molar-refractivity contribution < 1.29 is 9.47 Å². The van der Waals surface area contributed by atoms with Crippen molar-refractivity contribution in [3.63, 3.8) is 0 Å². The van der Waals surface area contributed by atoms with Crippen molar-refractivity contribution in [2.45, 2.75) is 6.61 Å². The zero-order chi connectivity index (χ0) is 13.8. The lowest BCUT2D eigenvalue weighted by Gasteiger charge is -2.12. The highest BCUT2D eigenvalue weighted by atomic mass is 79.9. The molecule has 0 unspecified atom stereocenters. The van der Waals surface area contributed by atoms with Gasteiger partial charge in [0.1, 0.15) is 6.61 Å². The predicted octanol–water partition coefficient (Wildman–Crippen LogP) is 4.38. The van der Waals surface area contributed by atoms with Crippen LogP contribution in [0.15, 0.2) is 45.3 Å². The minimum absolute atomic E-state index is 0.419. The van der Waals surface area contributed by atoms with Crippen molar-refractivity contribution in [1.82, 2.24) is 0 Å². The van der Waals surface area contributed by atoms with E-state index in [0.717, 1.165) is 14.5 Å². The first kappa shape index (κ1) is 14.2. The number of halogens is 2. The van der Waals surface area contributed by atoms with E-state index in [4.69, 9.17) is 15.2 Å². The Kier molecular flexibility index (Phi) is 4.71. The van der Waals surface area contributed by atoms with Gasteiger partial charge in [0.25, 0.3) is 0 Å².